The van der Waals surface area contributed by atoms with Crippen LogP contribution in [0.2, 0.25) is 0 Å². The molecule has 2 nitrogen and oxygen atoms in total. The van der Waals surface area contributed by atoms with Crippen molar-refractivity contribution in [3.8, 4) is 0 Å². The molecule has 0 aromatic heterocycles. The van der Waals surface area contributed by atoms with Crippen LogP contribution in [-0.2, 0) is 0 Å². The molecule has 1 aliphatic rings. The smallest absolute Gasteiger partial charge is 0.139 e. The SMILES string of the molecule is CCN1[NH2+]SC(c2ccccc2)=C1c1ccccc1.[I-]. The minimum absolute atomic E-state index is 0. The first-order valence-electron chi connectivity index (χ1n) is 6.52. The monoisotopic (exact) mass is 396 g/mol. The summed E-state index contributed by atoms with van der Waals surface area (Å²) < 4.78 is 0. The number of halogens is 1. The maximum Gasteiger partial charge on any atom is 0.139 e. The summed E-state index contributed by atoms with van der Waals surface area (Å²) in [4.78, 5) is 3.55. The number of hydrogen-bond donors (Lipinski definition) is 1. The fourth-order valence-corrected chi connectivity index (χ4v) is 3.38. The van der Waals surface area contributed by atoms with Gasteiger partial charge in [-0.05, 0) is 12.5 Å². The maximum absolute atomic E-state index is 2.32. The molecule has 1 aliphatic heterocycles. The Labute approximate surface area is 141 Å². The molecular weight excluding hydrogens is 379 g/mol. The fraction of sp³-hybridized carbons (Fsp3) is 0.125. The summed E-state index contributed by atoms with van der Waals surface area (Å²) in [5.74, 6) is 0. The first-order valence-corrected chi connectivity index (χ1v) is 7.40. The Hall–Kier alpha value is -0.980. The van der Waals surface area contributed by atoms with E-state index < -0.39 is 0 Å². The van der Waals surface area contributed by atoms with Crippen molar-refractivity contribution >= 4 is 22.6 Å². The Morgan fingerprint density at radius 1 is 0.900 bits per heavy atom. The first-order chi connectivity index (χ1) is 9.40. The number of rotatable bonds is 3. The van der Waals surface area contributed by atoms with Gasteiger partial charge in [0.25, 0.3) is 0 Å². The lowest BCUT2D eigenvalue weighted by Gasteiger charge is -2.15. The van der Waals surface area contributed by atoms with Crippen LogP contribution in [0.25, 0.3) is 10.6 Å². The molecule has 2 N–H and O–H groups in total. The lowest BCUT2D eigenvalue weighted by molar-refractivity contribution is -0.638. The van der Waals surface area contributed by atoms with Gasteiger partial charge in [-0.1, -0.05) is 60.7 Å². The van der Waals surface area contributed by atoms with Crippen LogP contribution in [-0.4, -0.2) is 11.6 Å². The normalized spacial score (nSPS) is 14.3. The molecule has 0 saturated heterocycles. The summed E-state index contributed by atoms with van der Waals surface area (Å²) in [6, 6.07) is 21.2. The van der Waals surface area contributed by atoms with Gasteiger partial charge in [-0.25, -0.2) is 5.01 Å². The van der Waals surface area contributed by atoms with Gasteiger partial charge < -0.3 is 24.0 Å². The first kappa shape index (κ1) is 15.4. The van der Waals surface area contributed by atoms with Crippen LogP contribution in [0, 0.1) is 0 Å². The molecule has 0 unspecified atom stereocenters. The predicted molar refractivity (Wildman–Crippen MR) is 81.6 cm³/mol. The van der Waals surface area contributed by atoms with Gasteiger partial charge in [-0.2, -0.15) is 4.83 Å². The molecule has 2 aromatic carbocycles. The maximum atomic E-state index is 2.32. The van der Waals surface area contributed by atoms with Gasteiger partial charge in [0.1, 0.15) is 22.6 Å². The third-order valence-corrected chi connectivity index (χ3v) is 4.25. The average Bonchev–Trinajstić information content (AvgIpc) is 2.93. The van der Waals surface area contributed by atoms with Crippen molar-refractivity contribution in [2.45, 2.75) is 6.92 Å². The van der Waals surface area contributed by atoms with Gasteiger partial charge >= 0.3 is 0 Å². The van der Waals surface area contributed by atoms with Crippen molar-refractivity contribution in [2.24, 2.45) is 0 Å². The zero-order valence-corrected chi connectivity index (χ0v) is 14.3. The van der Waals surface area contributed by atoms with Gasteiger partial charge in [0.15, 0.2) is 0 Å². The largest absolute Gasteiger partial charge is 1.00 e. The Bertz CT molecular complexity index is 584. The van der Waals surface area contributed by atoms with Crippen molar-refractivity contribution in [1.29, 1.82) is 0 Å². The molecule has 0 aliphatic carbocycles. The number of quaternary nitrogens is 1. The van der Waals surface area contributed by atoms with E-state index in [1.54, 1.807) is 0 Å². The average molecular weight is 396 g/mol. The van der Waals surface area contributed by atoms with E-state index in [-0.39, 0.29) is 24.0 Å². The standard InChI is InChI=1S/C16H16N2S.HI/c1-2-18-15(13-9-5-3-6-10-13)16(19-17-18)14-11-7-4-8-12-14;/h3-12,17H,2H2,1H3;1H. The highest BCUT2D eigenvalue weighted by Crippen LogP contribution is 2.36. The Kier molecular flexibility index (Phi) is 5.51. The molecule has 0 bridgehead atoms. The van der Waals surface area contributed by atoms with E-state index in [1.807, 2.05) is 11.9 Å². The number of hydrogen-bond acceptors (Lipinski definition) is 2. The highest BCUT2D eigenvalue weighted by Gasteiger charge is 2.28. The summed E-state index contributed by atoms with van der Waals surface area (Å²) in [7, 11) is 0. The molecule has 104 valence electrons. The summed E-state index contributed by atoms with van der Waals surface area (Å²) in [5, 5.41) is 2.32. The van der Waals surface area contributed by atoms with Gasteiger partial charge in [0.2, 0.25) is 0 Å². The van der Waals surface area contributed by atoms with Crippen molar-refractivity contribution in [3.63, 3.8) is 0 Å². The fourth-order valence-electron chi connectivity index (χ4n) is 2.28. The van der Waals surface area contributed by atoms with Crippen LogP contribution in [0.4, 0.5) is 0 Å². The molecular formula is C16H17IN2S. The van der Waals surface area contributed by atoms with E-state index in [9.17, 15) is 0 Å². The molecule has 3 rings (SSSR count). The summed E-state index contributed by atoms with van der Waals surface area (Å²) in [5.41, 5.74) is 3.89. The Morgan fingerprint density at radius 2 is 1.45 bits per heavy atom. The summed E-state index contributed by atoms with van der Waals surface area (Å²) in [6.07, 6.45) is 0. The van der Waals surface area contributed by atoms with Crippen molar-refractivity contribution in [3.05, 3.63) is 71.8 Å². The number of benzene rings is 2. The summed E-state index contributed by atoms with van der Waals surface area (Å²) >= 11 is 1.81. The molecule has 2 aromatic rings. The molecule has 0 spiro atoms. The second kappa shape index (κ2) is 7.15. The van der Waals surface area contributed by atoms with E-state index in [0.29, 0.717) is 0 Å². The lowest BCUT2D eigenvalue weighted by atomic mass is 10.1. The molecule has 4 heteroatoms. The minimum Gasteiger partial charge on any atom is -1.00 e. The highest BCUT2D eigenvalue weighted by molar-refractivity contribution is 8.02. The van der Waals surface area contributed by atoms with Crippen LogP contribution in [0.15, 0.2) is 60.7 Å². The minimum atomic E-state index is 0. The van der Waals surface area contributed by atoms with E-state index in [2.05, 4.69) is 77.4 Å². The molecule has 1 heterocycles. The third kappa shape index (κ3) is 3.02. The second-order valence-electron chi connectivity index (χ2n) is 4.42. The quantitative estimate of drug-likeness (QED) is 0.447. The van der Waals surface area contributed by atoms with Crippen LogP contribution in [0.5, 0.6) is 0 Å². The van der Waals surface area contributed by atoms with Crippen molar-refractivity contribution in [2.75, 3.05) is 6.54 Å². The lowest BCUT2D eigenvalue weighted by Crippen LogP contribution is -3.00. The van der Waals surface area contributed by atoms with E-state index in [1.165, 1.54) is 21.7 Å². The second-order valence-corrected chi connectivity index (χ2v) is 5.27. The van der Waals surface area contributed by atoms with E-state index in [0.717, 1.165) is 6.54 Å². The van der Waals surface area contributed by atoms with Crippen molar-refractivity contribution < 1.29 is 28.8 Å². The topological polar surface area (TPSA) is 19.9 Å². The molecule has 0 fully saturated rings. The highest BCUT2D eigenvalue weighted by atomic mass is 127. The zero-order chi connectivity index (χ0) is 13.1. The number of nitrogens with two attached hydrogens (primary N) is 1. The van der Waals surface area contributed by atoms with E-state index >= 15 is 0 Å². The Balaban J connectivity index is 0.00000147. The molecule has 0 radical (unpaired) electrons. The van der Waals surface area contributed by atoms with Crippen LogP contribution >= 0.6 is 11.9 Å². The van der Waals surface area contributed by atoms with Crippen LogP contribution in [0.3, 0.4) is 0 Å². The zero-order valence-electron chi connectivity index (χ0n) is 11.3. The molecule has 20 heavy (non-hydrogen) atoms. The summed E-state index contributed by atoms with van der Waals surface area (Å²) in [6.45, 7) is 3.18. The van der Waals surface area contributed by atoms with E-state index in [4.69, 9.17) is 0 Å². The van der Waals surface area contributed by atoms with Gasteiger partial charge in [-0.15, -0.1) is 0 Å². The number of nitrogens with zero attached hydrogens (tertiary/aromatic N) is 1. The third-order valence-electron chi connectivity index (χ3n) is 3.22. The van der Waals surface area contributed by atoms with Gasteiger partial charge in [0.05, 0.1) is 6.54 Å². The molecule has 0 saturated carbocycles. The van der Waals surface area contributed by atoms with Crippen LogP contribution in [0.1, 0.15) is 18.1 Å². The van der Waals surface area contributed by atoms with Crippen LogP contribution < -0.4 is 28.8 Å². The molecule has 0 atom stereocenters. The Morgan fingerprint density at radius 3 is 2.00 bits per heavy atom. The van der Waals surface area contributed by atoms with Crippen molar-refractivity contribution in [1.82, 2.24) is 5.01 Å². The molecule has 0 amide bonds. The predicted octanol–water partition coefficient (Wildman–Crippen LogP) is -0.0215. The van der Waals surface area contributed by atoms with Gasteiger partial charge in [0, 0.05) is 5.56 Å². The van der Waals surface area contributed by atoms with Gasteiger partial charge in [-0.3, -0.25) is 0 Å².